The van der Waals surface area contributed by atoms with Gasteiger partial charge in [-0.15, -0.1) is 0 Å². The van der Waals surface area contributed by atoms with Crippen LogP contribution < -0.4 is 0 Å². The molecule has 14 heavy (non-hydrogen) atoms. The van der Waals surface area contributed by atoms with Gasteiger partial charge >= 0.3 is 0 Å². The van der Waals surface area contributed by atoms with Crippen LogP contribution in [-0.4, -0.2) is 33.6 Å². The smallest absolute Gasteiger partial charge is 0.107 e. The average Bonchev–Trinajstić information content (AvgIpc) is 2.27. The van der Waals surface area contributed by atoms with Gasteiger partial charge in [-0.25, -0.2) is 0 Å². The molecule has 0 spiro atoms. The Morgan fingerprint density at radius 3 is 2.50 bits per heavy atom. The number of aliphatic hydroxyl groups excluding tert-OH is 1. The van der Waals surface area contributed by atoms with Crippen molar-refractivity contribution in [3.05, 3.63) is 11.1 Å². The molecule has 0 unspecified atom stereocenters. The van der Waals surface area contributed by atoms with Crippen LogP contribution in [0.5, 0.6) is 0 Å². The molecule has 0 aromatic rings. The Kier molecular flexibility index (Phi) is 3.41. The summed E-state index contributed by atoms with van der Waals surface area (Å²) in [4.78, 5) is 1.61. The first-order valence-corrected chi connectivity index (χ1v) is 5.57. The minimum Gasteiger partial charge on any atom is -0.390 e. The van der Waals surface area contributed by atoms with Crippen molar-refractivity contribution < 1.29 is 14.9 Å². The summed E-state index contributed by atoms with van der Waals surface area (Å²) in [6, 6.07) is 0. The first kappa shape index (κ1) is 12.2. The van der Waals surface area contributed by atoms with Crippen molar-refractivity contribution in [2.75, 3.05) is 0 Å². The molecule has 0 aliphatic carbocycles. The van der Waals surface area contributed by atoms with Gasteiger partial charge in [-0.3, -0.25) is 0 Å². The monoisotopic (exact) mass is 264 g/mol. The maximum atomic E-state index is 10.0. The molecule has 4 heteroatoms. The number of rotatable bonds is 2. The normalized spacial score (nSPS) is 36.1. The molecule has 1 rings (SSSR count). The lowest BCUT2D eigenvalue weighted by Crippen LogP contribution is -2.38. The summed E-state index contributed by atoms with van der Waals surface area (Å²) < 4.78 is 5.61. The third-order valence-corrected chi connectivity index (χ3v) is 3.00. The maximum Gasteiger partial charge on any atom is 0.107 e. The van der Waals surface area contributed by atoms with Crippen molar-refractivity contribution in [3.8, 4) is 0 Å². The van der Waals surface area contributed by atoms with Crippen LogP contribution in [0.3, 0.4) is 0 Å². The van der Waals surface area contributed by atoms with Gasteiger partial charge in [-0.05, 0) is 31.8 Å². The molecule has 1 fully saturated rings. The van der Waals surface area contributed by atoms with Crippen molar-refractivity contribution >= 4 is 15.9 Å². The molecule has 0 aromatic heterocycles. The molecule has 82 valence electrons. The average molecular weight is 265 g/mol. The second-order valence-corrected chi connectivity index (χ2v) is 5.01. The van der Waals surface area contributed by atoms with E-state index in [0.29, 0.717) is 6.42 Å². The molecule has 1 aliphatic rings. The van der Waals surface area contributed by atoms with Gasteiger partial charge < -0.3 is 14.9 Å². The molecule has 0 bridgehead atoms. The van der Waals surface area contributed by atoms with Gasteiger partial charge in [0.15, 0.2) is 0 Å². The summed E-state index contributed by atoms with van der Waals surface area (Å²) in [5.74, 6) is 0. The fourth-order valence-corrected chi connectivity index (χ4v) is 2.11. The lowest BCUT2D eigenvalue weighted by atomic mass is 9.94. The van der Waals surface area contributed by atoms with E-state index in [1.165, 1.54) is 0 Å². The van der Waals surface area contributed by atoms with Crippen molar-refractivity contribution in [2.24, 2.45) is 0 Å². The number of hydrogen-bond donors (Lipinski definition) is 2. The zero-order chi connectivity index (χ0) is 11.0. The molecule has 0 aromatic carbocycles. The number of aliphatic hydroxyl groups is 2. The fourth-order valence-electron chi connectivity index (χ4n) is 1.57. The van der Waals surface area contributed by atoms with Gasteiger partial charge in [-0.1, -0.05) is 15.9 Å². The highest BCUT2D eigenvalue weighted by Crippen LogP contribution is 2.35. The van der Waals surface area contributed by atoms with Crippen LogP contribution in [-0.2, 0) is 4.74 Å². The van der Waals surface area contributed by atoms with E-state index in [1.807, 2.05) is 13.8 Å². The summed E-state index contributed by atoms with van der Waals surface area (Å²) in [6.45, 7) is 5.32. The Bertz CT molecular complexity index is 236. The number of ether oxygens (including phenoxy) is 1. The van der Waals surface area contributed by atoms with Crippen LogP contribution in [0, 0.1) is 0 Å². The maximum absolute atomic E-state index is 10.0. The zero-order valence-electron chi connectivity index (χ0n) is 8.70. The first-order chi connectivity index (χ1) is 6.29. The first-order valence-electron chi connectivity index (χ1n) is 4.66. The molecule has 3 nitrogen and oxygen atoms in total. The summed E-state index contributed by atoms with van der Waals surface area (Å²) >= 11 is 3.12. The zero-order valence-corrected chi connectivity index (χ0v) is 10.3. The van der Waals surface area contributed by atoms with E-state index in [-0.39, 0.29) is 6.10 Å². The van der Waals surface area contributed by atoms with Crippen LogP contribution in [0.4, 0.5) is 0 Å². The lowest BCUT2D eigenvalue weighted by molar-refractivity contribution is -0.109. The largest absolute Gasteiger partial charge is 0.390 e. The molecular formula is C10H17BrO3. The molecule has 1 aliphatic heterocycles. The standard InChI is InChI=1S/C10H17BrO3/c1-9(2)7(12)6-8(14-9)10(3,13)4-5-11/h4-5,7-8,12-13H,6H2,1-3H3/b5-4+/t7-,8-,10+/m0/s1. The highest BCUT2D eigenvalue weighted by Gasteiger charge is 2.46. The van der Waals surface area contributed by atoms with E-state index in [4.69, 9.17) is 4.74 Å². The molecule has 1 heterocycles. The van der Waals surface area contributed by atoms with Gasteiger partial charge in [0.1, 0.15) is 5.60 Å². The van der Waals surface area contributed by atoms with Gasteiger partial charge in [0.05, 0.1) is 17.8 Å². The van der Waals surface area contributed by atoms with Crippen molar-refractivity contribution in [1.29, 1.82) is 0 Å². The second-order valence-electron chi connectivity index (χ2n) is 4.48. The number of hydrogen-bond acceptors (Lipinski definition) is 3. The van der Waals surface area contributed by atoms with Gasteiger partial charge in [0, 0.05) is 6.42 Å². The predicted octanol–water partition coefficient (Wildman–Crippen LogP) is 1.57. The van der Waals surface area contributed by atoms with Crippen molar-refractivity contribution in [2.45, 2.75) is 50.6 Å². The SMILES string of the molecule is CC1(C)O[C@H]([C@](C)(O)/C=C/Br)C[C@@H]1O. The van der Waals surface area contributed by atoms with Crippen LogP contribution >= 0.6 is 15.9 Å². The van der Waals surface area contributed by atoms with E-state index >= 15 is 0 Å². The minimum atomic E-state index is -1.04. The summed E-state index contributed by atoms with van der Waals surface area (Å²) in [6.07, 6.45) is 1.19. The lowest BCUT2D eigenvalue weighted by Gasteiger charge is -2.28. The minimum absolute atomic E-state index is 0.360. The van der Waals surface area contributed by atoms with Crippen LogP contribution in [0.25, 0.3) is 0 Å². The Morgan fingerprint density at radius 2 is 2.14 bits per heavy atom. The Morgan fingerprint density at radius 1 is 1.57 bits per heavy atom. The molecule has 2 N–H and O–H groups in total. The molecular weight excluding hydrogens is 248 g/mol. The van der Waals surface area contributed by atoms with Crippen LogP contribution in [0.15, 0.2) is 11.1 Å². The van der Waals surface area contributed by atoms with E-state index in [0.717, 1.165) is 0 Å². The highest BCUT2D eigenvalue weighted by atomic mass is 79.9. The molecule has 0 saturated carbocycles. The highest BCUT2D eigenvalue weighted by molar-refractivity contribution is 9.11. The van der Waals surface area contributed by atoms with Gasteiger partial charge in [0.25, 0.3) is 0 Å². The van der Waals surface area contributed by atoms with E-state index in [2.05, 4.69) is 15.9 Å². The quantitative estimate of drug-likeness (QED) is 0.796. The molecule has 1 saturated heterocycles. The second kappa shape index (κ2) is 3.93. The summed E-state index contributed by atoms with van der Waals surface area (Å²) in [7, 11) is 0. The van der Waals surface area contributed by atoms with Crippen LogP contribution in [0.1, 0.15) is 27.2 Å². The topological polar surface area (TPSA) is 49.7 Å². The van der Waals surface area contributed by atoms with E-state index in [1.54, 1.807) is 18.0 Å². The summed E-state index contributed by atoms with van der Waals surface area (Å²) in [5, 5.41) is 19.7. The molecule has 0 radical (unpaired) electrons. The predicted molar refractivity (Wildman–Crippen MR) is 58.3 cm³/mol. The fraction of sp³-hybridized carbons (Fsp3) is 0.800. The molecule has 0 amide bonds. The Balaban J connectivity index is 2.75. The molecule has 3 atom stereocenters. The Hall–Kier alpha value is 0.1000. The third-order valence-electron chi connectivity index (χ3n) is 2.74. The summed E-state index contributed by atoms with van der Waals surface area (Å²) in [5.41, 5.74) is -1.62. The Labute approximate surface area is 92.9 Å². The van der Waals surface area contributed by atoms with E-state index < -0.39 is 17.3 Å². The third kappa shape index (κ3) is 2.37. The van der Waals surface area contributed by atoms with Gasteiger partial charge in [0.2, 0.25) is 0 Å². The van der Waals surface area contributed by atoms with Crippen molar-refractivity contribution in [1.82, 2.24) is 0 Å². The number of halogens is 1. The van der Waals surface area contributed by atoms with E-state index in [9.17, 15) is 10.2 Å². The van der Waals surface area contributed by atoms with Gasteiger partial charge in [-0.2, -0.15) is 0 Å². The van der Waals surface area contributed by atoms with Crippen molar-refractivity contribution in [3.63, 3.8) is 0 Å². The van der Waals surface area contributed by atoms with Crippen LogP contribution in [0.2, 0.25) is 0 Å².